The van der Waals surface area contributed by atoms with E-state index >= 15 is 0 Å². The van der Waals surface area contributed by atoms with Crippen molar-refractivity contribution in [2.24, 2.45) is 11.3 Å². The minimum atomic E-state index is -0.184. The van der Waals surface area contributed by atoms with Crippen molar-refractivity contribution in [2.75, 3.05) is 19.7 Å². The fraction of sp³-hybridized carbons (Fsp3) is 0.533. The summed E-state index contributed by atoms with van der Waals surface area (Å²) >= 11 is 2.31. The molecule has 4 rings (SSSR count). The van der Waals surface area contributed by atoms with E-state index in [-0.39, 0.29) is 23.3 Å². The second-order valence-electron chi connectivity index (χ2n) is 6.18. The SMILES string of the molecule is CC1C=CC2(C)C3=C1OCCN3C(=O)C1=CCN(SI)C12. The largest absolute Gasteiger partial charge is 0.494 e. The number of hydrogen-bond acceptors (Lipinski definition) is 4. The van der Waals surface area contributed by atoms with Crippen LogP contribution in [-0.4, -0.2) is 40.9 Å². The first-order chi connectivity index (χ1) is 10.1. The van der Waals surface area contributed by atoms with Crippen LogP contribution in [-0.2, 0) is 9.53 Å². The van der Waals surface area contributed by atoms with Crippen LogP contribution in [0.4, 0.5) is 0 Å². The zero-order valence-electron chi connectivity index (χ0n) is 12.0. The Labute approximate surface area is 141 Å². The van der Waals surface area contributed by atoms with Crippen LogP contribution in [0.25, 0.3) is 0 Å². The minimum Gasteiger partial charge on any atom is -0.494 e. The van der Waals surface area contributed by atoms with Gasteiger partial charge in [0.05, 0.1) is 23.7 Å². The van der Waals surface area contributed by atoms with Gasteiger partial charge in [-0.1, -0.05) is 25.2 Å². The molecule has 3 atom stereocenters. The van der Waals surface area contributed by atoms with Gasteiger partial charge in [0, 0.05) is 39.2 Å². The van der Waals surface area contributed by atoms with E-state index in [0.717, 1.165) is 23.6 Å². The van der Waals surface area contributed by atoms with E-state index in [0.29, 0.717) is 13.2 Å². The van der Waals surface area contributed by atoms with Crippen LogP contribution >= 0.6 is 30.3 Å². The molecule has 112 valence electrons. The van der Waals surface area contributed by atoms with Crippen LogP contribution in [0.3, 0.4) is 0 Å². The number of amides is 1. The number of carbonyl (C=O) groups is 1. The number of allylic oxidation sites excluding steroid dienone is 1. The van der Waals surface area contributed by atoms with Crippen molar-refractivity contribution in [3.63, 3.8) is 0 Å². The molecule has 0 aromatic rings. The molecule has 0 aromatic heterocycles. The Morgan fingerprint density at radius 1 is 1.52 bits per heavy atom. The molecule has 1 fully saturated rings. The average Bonchev–Trinajstić information content (AvgIpc) is 2.94. The van der Waals surface area contributed by atoms with Crippen molar-refractivity contribution in [3.8, 4) is 0 Å². The maximum Gasteiger partial charge on any atom is 0.255 e. The first kappa shape index (κ1) is 14.1. The monoisotopic (exact) mass is 416 g/mol. The lowest BCUT2D eigenvalue weighted by molar-refractivity contribution is -0.131. The van der Waals surface area contributed by atoms with Crippen molar-refractivity contribution in [2.45, 2.75) is 19.9 Å². The summed E-state index contributed by atoms with van der Waals surface area (Å²) in [7, 11) is 1.69. The van der Waals surface area contributed by atoms with Gasteiger partial charge in [-0.25, -0.2) is 4.31 Å². The van der Waals surface area contributed by atoms with Crippen LogP contribution < -0.4 is 0 Å². The predicted molar refractivity (Wildman–Crippen MR) is 91.3 cm³/mol. The summed E-state index contributed by atoms with van der Waals surface area (Å²) in [5.41, 5.74) is 1.86. The molecular formula is C15H17IN2O2S. The second kappa shape index (κ2) is 4.76. The van der Waals surface area contributed by atoms with Gasteiger partial charge in [0.2, 0.25) is 0 Å². The third-order valence-electron chi connectivity index (χ3n) is 4.95. The zero-order valence-corrected chi connectivity index (χ0v) is 15.0. The fourth-order valence-electron chi connectivity index (χ4n) is 4.01. The molecule has 0 saturated carbocycles. The number of rotatable bonds is 1. The lowest BCUT2D eigenvalue weighted by Gasteiger charge is -2.52. The summed E-state index contributed by atoms with van der Waals surface area (Å²) in [5, 5.41) is 0. The topological polar surface area (TPSA) is 32.8 Å². The van der Waals surface area contributed by atoms with Gasteiger partial charge in [-0.05, 0) is 16.0 Å². The molecule has 21 heavy (non-hydrogen) atoms. The number of ether oxygens (including phenoxy) is 1. The standard InChI is InChI=1S/C15H17IN2O2S/c1-9-3-5-15(2)12-10(4-6-18(12)21-16)14(19)17-7-8-20-11(9)13(15)17/h3-5,9,12H,6-8H2,1-2H3. The Hall–Kier alpha value is -0.470. The van der Waals surface area contributed by atoms with Gasteiger partial charge in [0.1, 0.15) is 12.4 Å². The third kappa shape index (κ3) is 1.75. The second-order valence-corrected chi connectivity index (χ2v) is 7.97. The highest BCUT2D eigenvalue weighted by atomic mass is 127. The Balaban J connectivity index is 1.93. The summed E-state index contributed by atoms with van der Waals surface area (Å²) in [5.74, 6) is 1.41. The van der Waals surface area contributed by atoms with Crippen LogP contribution in [0.15, 0.2) is 35.3 Å². The maximum absolute atomic E-state index is 12.9. The van der Waals surface area contributed by atoms with Crippen LogP contribution in [0, 0.1) is 11.3 Å². The molecular weight excluding hydrogens is 399 g/mol. The van der Waals surface area contributed by atoms with Gasteiger partial charge < -0.3 is 9.64 Å². The Bertz CT molecular complexity index is 615. The average molecular weight is 416 g/mol. The van der Waals surface area contributed by atoms with Crippen molar-refractivity contribution in [3.05, 3.63) is 35.3 Å². The van der Waals surface area contributed by atoms with Crippen LogP contribution in [0.2, 0.25) is 0 Å². The molecule has 4 aliphatic rings. The Kier molecular flexibility index (Phi) is 3.21. The predicted octanol–water partition coefficient (Wildman–Crippen LogP) is 2.89. The lowest BCUT2D eigenvalue weighted by atomic mass is 9.68. The van der Waals surface area contributed by atoms with E-state index in [4.69, 9.17) is 4.74 Å². The highest BCUT2D eigenvalue weighted by Crippen LogP contribution is 2.54. The van der Waals surface area contributed by atoms with Gasteiger partial charge in [-0.3, -0.25) is 4.79 Å². The molecule has 3 unspecified atom stereocenters. The fourth-order valence-corrected chi connectivity index (χ4v) is 5.72. The molecule has 1 aliphatic carbocycles. The number of nitrogens with zero attached hydrogens (tertiary/aromatic N) is 2. The van der Waals surface area contributed by atoms with E-state index in [1.807, 2.05) is 4.90 Å². The minimum absolute atomic E-state index is 0.110. The first-order valence-electron chi connectivity index (χ1n) is 7.22. The molecule has 1 amide bonds. The van der Waals surface area contributed by atoms with Crippen LogP contribution in [0.1, 0.15) is 13.8 Å². The smallest absolute Gasteiger partial charge is 0.255 e. The van der Waals surface area contributed by atoms with Gasteiger partial charge in [-0.15, -0.1) is 0 Å². The number of halogens is 1. The summed E-state index contributed by atoms with van der Waals surface area (Å²) in [6.45, 7) is 6.46. The van der Waals surface area contributed by atoms with Gasteiger partial charge in [0.25, 0.3) is 5.91 Å². The summed E-state index contributed by atoms with van der Waals surface area (Å²) in [6.07, 6.45) is 6.61. The van der Waals surface area contributed by atoms with Gasteiger partial charge in [-0.2, -0.15) is 0 Å². The van der Waals surface area contributed by atoms with E-state index in [1.54, 1.807) is 9.12 Å². The first-order valence-corrected chi connectivity index (χ1v) is 10.5. The Morgan fingerprint density at radius 2 is 2.33 bits per heavy atom. The molecule has 3 aliphatic heterocycles. The van der Waals surface area contributed by atoms with Crippen molar-refractivity contribution < 1.29 is 9.53 Å². The van der Waals surface area contributed by atoms with Crippen molar-refractivity contribution in [1.82, 2.24) is 9.21 Å². The van der Waals surface area contributed by atoms with Crippen LogP contribution in [0.5, 0.6) is 0 Å². The summed E-state index contributed by atoms with van der Waals surface area (Å²) in [4.78, 5) is 14.8. The third-order valence-corrected chi connectivity index (χ3v) is 7.01. The van der Waals surface area contributed by atoms with E-state index < -0.39 is 0 Å². The lowest BCUT2D eigenvalue weighted by Crippen LogP contribution is -2.58. The van der Waals surface area contributed by atoms with Crippen molar-refractivity contribution in [1.29, 1.82) is 0 Å². The molecule has 0 bridgehead atoms. The highest BCUT2D eigenvalue weighted by molar-refractivity contribution is 14.2. The maximum atomic E-state index is 12.9. The number of piperidine rings is 1. The molecule has 0 spiro atoms. The number of hydrogen-bond donors (Lipinski definition) is 0. The molecule has 0 N–H and O–H groups in total. The molecule has 4 nitrogen and oxygen atoms in total. The quantitative estimate of drug-likeness (QED) is 0.374. The Morgan fingerprint density at radius 3 is 3.10 bits per heavy atom. The highest BCUT2D eigenvalue weighted by Gasteiger charge is 2.56. The molecule has 0 aromatic carbocycles. The van der Waals surface area contributed by atoms with Gasteiger partial charge in [0.15, 0.2) is 0 Å². The van der Waals surface area contributed by atoms with E-state index in [9.17, 15) is 4.79 Å². The normalized spacial score (nSPS) is 38.1. The van der Waals surface area contributed by atoms with E-state index in [1.165, 1.54) is 0 Å². The molecule has 3 heterocycles. The van der Waals surface area contributed by atoms with Gasteiger partial charge >= 0.3 is 0 Å². The van der Waals surface area contributed by atoms with E-state index in [2.05, 4.69) is 57.6 Å². The zero-order chi connectivity index (χ0) is 14.8. The number of carbonyl (C=O) groups excluding carboxylic acids is 1. The molecule has 6 heteroatoms. The summed E-state index contributed by atoms with van der Waals surface area (Å²) < 4.78 is 8.25. The number of fused-ring (bicyclic) bond motifs is 2. The summed E-state index contributed by atoms with van der Waals surface area (Å²) in [6, 6.07) is 0.110. The molecule has 1 saturated heterocycles. The van der Waals surface area contributed by atoms with Crippen molar-refractivity contribution >= 4 is 36.2 Å². The molecule has 0 radical (unpaired) electrons.